The number of nitrogens with zero attached hydrogens (tertiary/aromatic N) is 2. The summed E-state index contributed by atoms with van der Waals surface area (Å²) >= 11 is 1.60. The van der Waals surface area contributed by atoms with Crippen molar-refractivity contribution in [1.82, 2.24) is 5.01 Å². The highest BCUT2D eigenvalue weighted by Gasteiger charge is 2.32. The molecule has 1 aromatic carbocycles. The summed E-state index contributed by atoms with van der Waals surface area (Å²) in [6.07, 6.45) is 0.619. The highest BCUT2D eigenvalue weighted by Crippen LogP contribution is 2.36. The number of carbonyl (C=O) groups is 1. The van der Waals surface area contributed by atoms with Crippen LogP contribution >= 0.6 is 11.3 Å². The number of phenols is 1. The summed E-state index contributed by atoms with van der Waals surface area (Å²) in [6.45, 7) is 1.49. The van der Waals surface area contributed by atoms with E-state index in [1.54, 1.807) is 23.5 Å². The summed E-state index contributed by atoms with van der Waals surface area (Å²) in [5.41, 5.74) is 2.66. The van der Waals surface area contributed by atoms with Crippen molar-refractivity contribution in [2.75, 3.05) is 0 Å². The quantitative estimate of drug-likeness (QED) is 0.922. The van der Waals surface area contributed by atoms with Crippen molar-refractivity contribution in [3.63, 3.8) is 0 Å². The lowest BCUT2D eigenvalue weighted by molar-refractivity contribution is -0.130. The second-order valence-electron chi connectivity index (χ2n) is 4.70. The Morgan fingerprint density at radius 3 is 2.85 bits per heavy atom. The molecule has 0 bridgehead atoms. The smallest absolute Gasteiger partial charge is 0.240 e. The van der Waals surface area contributed by atoms with Gasteiger partial charge < -0.3 is 5.11 Å². The topological polar surface area (TPSA) is 52.9 Å². The molecule has 1 aromatic heterocycles. The van der Waals surface area contributed by atoms with Gasteiger partial charge in [-0.2, -0.15) is 16.4 Å². The van der Waals surface area contributed by atoms with Gasteiger partial charge in [0.2, 0.25) is 5.91 Å². The van der Waals surface area contributed by atoms with Gasteiger partial charge in [-0.05, 0) is 22.9 Å². The molecular weight excluding hydrogens is 272 g/mol. The Hall–Kier alpha value is -2.14. The zero-order valence-corrected chi connectivity index (χ0v) is 11.8. The molecule has 0 saturated carbocycles. The maximum absolute atomic E-state index is 11.8. The molecule has 5 heteroatoms. The SMILES string of the molecule is CC(=O)N1N=C(c2ccsc2)CC1c1ccccc1O. The molecule has 1 aliphatic rings. The molecular formula is C15H14N2O2S. The molecule has 3 rings (SSSR count). The first-order valence-corrected chi connectivity index (χ1v) is 7.29. The number of benzene rings is 1. The number of para-hydroxylation sites is 1. The summed E-state index contributed by atoms with van der Waals surface area (Å²) in [4.78, 5) is 11.8. The molecule has 0 aliphatic carbocycles. The molecule has 2 aromatic rings. The molecule has 0 fully saturated rings. The van der Waals surface area contributed by atoms with Gasteiger partial charge in [0.05, 0.1) is 11.8 Å². The van der Waals surface area contributed by atoms with Crippen molar-refractivity contribution in [3.05, 3.63) is 52.2 Å². The first kappa shape index (κ1) is 12.9. The first-order valence-electron chi connectivity index (χ1n) is 6.34. The molecule has 1 unspecified atom stereocenters. The van der Waals surface area contributed by atoms with E-state index in [0.29, 0.717) is 6.42 Å². The van der Waals surface area contributed by atoms with E-state index < -0.39 is 0 Å². The number of rotatable bonds is 2. The Balaban J connectivity index is 1.98. The summed E-state index contributed by atoms with van der Waals surface area (Å²) in [5, 5.41) is 19.9. The van der Waals surface area contributed by atoms with Gasteiger partial charge in [-0.25, -0.2) is 5.01 Å². The number of aromatic hydroxyl groups is 1. The van der Waals surface area contributed by atoms with Crippen molar-refractivity contribution >= 4 is 23.0 Å². The van der Waals surface area contributed by atoms with E-state index in [4.69, 9.17) is 0 Å². The Kier molecular flexibility index (Phi) is 3.28. The third-order valence-corrected chi connectivity index (χ3v) is 4.07. The zero-order valence-electron chi connectivity index (χ0n) is 11.0. The normalized spacial score (nSPS) is 18.1. The minimum atomic E-state index is -0.233. The van der Waals surface area contributed by atoms with Gasteiger partial charge in [0.1, 0.15) is 5.75 Å². The maximum Gasteiger partial charge on any atom is 0.240 e. The third-order valence-electron chi connectivity index (χ3n) is 3.38. The molecule has 1 atom stereocenters. The number of hydrogen-bond acceptors (Lipinski definition) is 4. The fourth-order valence-electron chi connectivity index (χ4n) is 2.42. The predicted molar refractivity (Wildman–Crippen MR) is 78.8 cm³/mol. The van der Waals surface area contributed by atoms with Crippen molar-refractivity contribution in [2.24, 2.45) is 5.10 Å². The van der Waals surface area contributed by atoms with Gasteiger partial charge >= 0.3 is 0 Å². The van der Waals surface area contributed by atoms with Crippen LogP contribution < -0.4 is 0 Å². The molecule has 1 N–H and O–H groups in total. The van der Waals surface area contributed by atoms with E-state index >= 15 is 0 Å². The van der Waals surface area contributed by atoms with E-state index in [2.05, 4.69) is 5.10 Å². The van der Waals surface area contributed by atoms with E-state index in [0.717, 1.165) is 16.8 Å². The van der Waals surface area contributed by atoms with Gasteiger partial charge in [-0.3, -0.25) is 4.79 Å². The zero-order chi connectivity index (χ0) is 14.1. The molecule has 102 valence electrons. The second kappa shape index (κ2) is 5.09. The van der Waals surface area contributed by atoms with Crippen LogP contribution in [0.15, 0.2) is 46.2 Å². The lowest BCUT2D eigenvalue weighted by Gasteiger charge is -2.21. The lowest BCUT2D eigenvalue weighted by atomic mass is 9.99. The predicted octanol–water partition coefficient (Wildman–Crippen LogP) is 3.15. The maximum atomic E-state index is 11.8. The van der Waals surface area contributed by atoms with Gasteiger partial charge in [0.25, 0.3) is 0 Å². The fraction of sp³-hybridized carbons (Fsp3) is 0.200. The minimum Gasteiger partial charge on any atom is -0.508 e. The van der Waals surface area contributed by atoms with E-state index in [-0.39, 0.29) is 17.7 Å². The Labute approximate surface area is 121 Å². The average molecular weight is 286 g/mol. The summed E-state index contributed by atoms with van der Waals surface area (Å²) in [7, 11) is 0. The van der Waals surface area contributed by atoms with Gasteiger partial charge in [-0.1, -0.05) is 18.2 Å². The van der Waals surface area contributed by atoms with Crippen molar-refractivity contribution in [2.45, 2.75) is 19.4 Å². The van der Waals surface area contributed by atoms with Crippen LogP contribution in [0, 0.1) is 0 Å². The van der Waals surface area contributed by atoms with Crippen LogP contribution in [0.5, 0.6) is 5.75 Å². The number of thiophene rings is 1. The molecule has 0 spiro atoms. The van der Waals surface area contributed by atoms with Crippen LogP contribution in [0.25, 0.3) is 0 Å². The largest absolute Gasteiger partial charge is 0.508 e. The van der Waals surface area contributed by atoms with Crippen LogP contribution in [0.1, 0.15) is 30.5 Å². The van der Waals surface area contributed by atoms with Crippen LogP contribution in [0.4, 0.5) is 0 Å². The molecule has 0 saturated heterocycles. The van der Waals surface area contributed by atoms with Crippen LogP contribution in [0.3, 0.4) is 0 Å². The highest BCUT2D eigenvalue weighted by atomic mass is 32.1. The van der Waals surface area contributed by atoms with Crippen molar-refractivity contribution in [3.8, 4) is 5.75 Å². The molecule has 2 heterocycles. The molecule has 20 heavy (non-hydrogen) atoms. The molecule has 4 nitrogen and oxygen atoms in total. The average Bonchev–Trinajstić information content (AvgIpc) is 3.08. The Morgan fingerprint density at radius 1 is 1.40 bits per heavy atom. The van der Waals surface area contributed by atoms with E-state index in [1.807, 2.05) is 29.0 Å². The van der Waals surface area contributed by atoms with Gasteiger partial charge in [0, 0.05) is 24.5 Å². The third kappa shape index (κ3) is 2.20. The Morgan fingerprint density at radius 2 is 2.20 bits per heavy atom. The van der Waals surface area contributed by atoms with Crippen LogP contribution in [-0.2, 0) is 4.79 Å². The molecule has 0 radical (unpaired) electrons. The molecule has 1 aliphatic heterocycles. The number of carbonyl (C=O) groups excluding carboxylic acids is 1. The van der Waals surface area contributed by atoms with Gasteiger partial charge in [-0.15, -0.1) is 0 Å². The number of hydrazone groups is 1. The van der Waals surface area contributed by atoms with Crippen LogP contribution in [0.2, 0.25) is 0 Å². The number of amides is 1. The minimum absolute atomic E-state index is 0.122. The van der Waals surface area contributed by atoms with Crippen molar-refractivity contribution in [1.29, 1.82) is 0 Å². The van der Waals surface area contributed by atoms with Gasteiger partial charge in [0.15, 0.2) is 0 Å². The summed E-state index contributed by atoms with van der Waals surface area (Å²) < 4.78 is 0. The summed E-state index contributed by atoms with van der Waals surface area (Å²) in [5.74, 6) is 0.0778. The van der Waals surface area contributed by atoms with E-state index in [1.165, 1.54) is 11.9 Å². The first-order chi connectivity index (χ1) is 9.66. The highest BCUT2D eigenvalue weighted by molar-refractivity contribution is 7.08. The second-order valence-corrected chi connectivity index (χ2v) is 5.48. The monoisotopic (exact) mass is 286 g/mol. The Bertz CT molecular complexity index is 664. The number of phenolic OH excluding ortho intramolecular Hbond substituents is 1. The van der Waals surface area contributed by atoms with Crippen LogP contribution in [-0.4, -0.2) is 21.7 Å². The van der Waals surface area contributed by atoms with Crippen molar-refractivity contribution < 1.29 is 9.90 Å². The fourth-order valence-corrected chi connectivity index (χ4v) is 3.08. The number of hydrogen-bond donors (Lipinski definition) is 1. The lowest BCUT2D eigenvalue weighted by Crippen LogP contribution is -2.24. The molecule has 1 amide bonds. The summed E-state index contributed by atoms with van der Waals surface area (Å²) in [6, 6.07) is 8.86. The van der Waals surface area contributed by atoms with E-state index in [9.17, 15) is 9.90 Å². The standard InChI is InChI=1S/C15H14N2O2S/c1-10(18)17-14(12-4-2-3-5-15(12)19)8-13(16-17)11-6-7-20-9-11/h2-7,9,14,19H,8H2,1H3.